The number of nitrogens with one attached hydrogen (secondary N) is 1. The van der Waals surface area contributed by atoms with Gasteiger partial charge in [0.1, 0.15) is 6.10 Å². The van der Waals surface area contributed by atoms with E-state index in [1.165, 1.54) is 34.7 Å². The van der Waals surface area contributed by atoms with Gasteiger partial charge in [-0.3, -0.25) is 4.79 Å². The molecular formula is C44H50N2O7Se. The number of nitro groups is 1. The second-order valence-corrected chi connectivity index (χ2v) is 21.1. The average molecular weight is 798 g/mol. The molecule has 0 amide bonds. The van der Waals surface area contributed by atoms with Crippen LogP contribution in [0.1, 0.15) is 108 Å². The number of esters is 1. The first-order valence-electron chi connectivity index (χ1n) is 19.8. The number of aromatic nitrogens is 1. The van der Waals surface area contributed by atoms with Crippen LogP contribution in [0.15, 0.2) is 60.2 Å². The Morgan fingerprint density at radius 3 is 2.59 bits per heavy atom. The number of nitrogens with zero attached hydrogens (tertiary/aromatic N) is 1. The molecule has 0 spiro atoms. The third-order valence-electron chi connectivity index (χ3n) is 15.7. The van der Waals surface area contributed by atoms with Crippen LogP contribution in [-0.2, 0) is 30.8 Å². The van der Waals surface area contributed by atoms with E-state index >= 15 is 0 Å². The molecule has 12 atom stereocenters. The summed E-state index contributed by atoms with van der Waals surface area (Å²) in [6.45, 7) is 16.7. The predicted molar refractivity (Wildman–Crippen MR) is 206 cm³/mol. The van der Waals surface area contributed by atoms with Gasteiger partial charge < -0.3 is 9.47 Å². The molecule has 0 bridgehead atoms. The fraction of sp³-hybridized carbons (Fsp3) is 0.568. The summed E-state index contributed by atoms with van der Waals surface area (Å²) in [7, 11) is 0. The zero-order valence-corrected chi connectivity index (χ0v) is 33.7. The molecule has 3 fully saturated rings. The van der Waals surface area contributed by atoms with E-state index < -0.39 is 34.2 Å². The van der Waals surface area contributed by atoms with E-state index in [-0.39, 0.29) is 49.7 Å². The summed E-state index contributed by atoms with van der Waals surface area (Å²) >= 11 is -0.0430. The Morgan fingerprint density at radius 2 is 1.85 bits per heavy atom. The second-order valence-electron chi connectivity index (χ2n) is 18.4. The normalized spacial score (nSPS) is 40.6. The number of carbonyl (C=O) groups is 1. The quantitative estimate of drug-likeness (QED) is 0.0905. The summed E-state index contributed by atoms with van der Waals surface area (Å²) in [5.41, 5.74) is 5.78. The molecule has 1 unspecified atom stereocenters. The monoisotopic (exact) mass is 798 g/mol. The van der Waals surface area contributed by atoms with Crippen molar-refractivity contribution in [3.05, 3.63) is 92.7 Å². The van der Waals surface area contributed by atoms with Crippen molar-refractivity contribution in [2.75, 3.05) is 0 Å². The van der Waals surface area contributed by atoms with Crippen molar-refractivity contribution in [2.45, 2.75) is 132 Å². The standard InChI is InChI=1S/C44H50N2O7Se/c1-21(2)38-31(51-22(3)47)20-26-30(52-38)15-16-42(6)43(7)25(14-17-44(26,42)48)39-37-36-28(45-40(37)43)13-12-23-18-33(54-32-11-9-8-10-29(32)46(49)50)24-19-27(35(24)34(23)36)41(4,5)53-39/h8-13,20,24-25,27,30-31,33,35,38-39,45,48H,1,14-19H2,2-7H3/t24-,25+,27+,30+,31-,33?,35+,38-,39+,42-,43-,44-/m1/s1. The molecule has 3 saturated carbocycles. The Morgan fingerprint density at radius 1 is 1.07 bits per heavy atom. The number of hydrogen-bond acceptors (Lipinski definition) is 7. The molecule has 1 aromatic heterocycles. The van der Waals surface area contributed by atoms with E-state index in [0.29, 0.717) is 29.0 Å². The molecule has 2 aromatic carbocycles. The molecule has 10 rings (SSSR count). The maximum absolute atomic E-state index is 13.3. The van der Waals surface area contributed by atoms with Crippen LogP contribution >= 0.6 is 0 Å². The zero-order valence-electron chi connectivity index (χ0n) is 31.9. The minimum absolute atomic E-state index is 0.0430. The third kappa shape index (κ3) is 4.35. The van der Waals surface area contributed by atoms with Crippen LogP contribution < -0.4 is 4.46 Å². The van der Waals surface area contributed by atoms with Crippen LogP contribution in [0.25, 0.3) is 10.9 Å². The summed E-state index contributed by atoms with van der Waals surface area (Å²) in [6, 6.07) is 11.9. The van der Waals surface area contributed by atoms with Crippen LogP contribution in [0.3, 0.4) is 0 Å². The number of nitro benzene ring substituents is 1. The van der Waals surface area contributed by atoms with Crippen LogP contribution in [0, 0.1) is 33.3 Å². The molecule has 2 aliphatic heterocycles. The smallest absolute Gasteiger partial charge is 0.455 e. The maximum atomic E-state index is 13.3. The molecule has 3 heterocycles. The molecule has 7 aliphatic rings. The Hall–Kier alpha value is -3.27. The molecule has 9 nitrogen and oxygen atoms in total. The first-order chi connectivity index (χ1) is 25.6. The molecule has 54 heavy (non-hydrogen) atoms. The fourth-order valence-corrected chi connectivity index (χ4v) is 16.1. The van der Waals surface area contributed by atoms with Crippen molar-refractivity contribution in [1.29, 1.82) is 0 Å². The summed E-state index contributed by atoms with van der Waals surface area (Å²) in [4.78, 5) is 28.4. The van der Waals surface area contributed by atoms with Gasteiger partial charge in [0.2, 0.25) is 0 Å². The number of para-hydroxylation sites is 1. The van der Waals surface area contributed by atoms with Gasteiger partial charge >= 0.3 is 271 Å². The first kappa shape index (κ1) is 35.2. The van der Waals surface area contributed by atoms with Gasteiger partial charge in [-0.25, -0.2) is 0 Å². The van der Waals surface area contributed by atoms with Crippen LogP contribution in [-0.4, -0.2) is 65.5 Å². The Labute approximate surface area is 322 Å². The molecule has 5 aliphatic carbocycles. The summed E-state index contributed by atoms with van der Waals surface area (Å²) in [5, 5.41) is 26.6. The first-order valence-corrected chi connectivity index (χ1v) is 21.6. The molecule has 0 radical (unpaired) electrons. The molecule has 0 saturated heterocycles. The molecule has 2 N–H and O–H groups in total. The van der Waals surface area contributed by atoms with Gasteiger partial charge in [-0.05, 0) is 12.5 Å². The van der Waals surface area contributed by atoms with E-state index in [2.05, 4.69) is 51.4 Å². The van der Waals surface area contributed by atoms with Crippen molar-refractivity contribution in [2.24, 2.45) is 23.2 Å². The number of benzene rings is 2. The predicted octanol–water partition coefficient (Wildman–Crippen LogP) is 7.43. The number of fused-ring (bicyclic) bond motifs is 7. The number of aliphatic hydroxyl groups is 1. The Balaban J connectivity index is 1.11. The van der Waals surface area contributed by atoms with Gasteiger partial charge in [-0.1, -0.05) is 6.58 Å². The van der Waals surface area contributed by atoms with Crippen molar-refractivity contribution in [1.82, 2.24) is 4.98 Å². The zero-order chi connectivity index (χ0) is 37.9. The van der Waals surface area contributed by atoms with Crippen molar-refractivity contribution < 1.29 is 29.0 Å². The number of rotatable bonds is 5. The van der Waals surface area contributed by atoms with Crippen LogP contribution in [0.4, 0.5) is 5.69 Å². The van der Waals surface area contributed by atoms with Gasteiger partial charge in [-0.15, -0.1) is 0 Å². The molecule has 3 aromatic rings. The average Bonchev–Trinajstić information content (AvgIpc) is 3.58. The van der Waals surface area contributed by atoms with Gasteiger partial charge in [0.15, 0.2) is 6.10 Å². The van der Waals surface area contributed by atoms with Gasteiger partial charge in [-0.2, -0.15) is 0 Å². The third-order valence-corrected chi connectivity index (χ3v) is 18.7. The summed E-state index contributed by atoms with van der Waals surface area (Å²) in [5.74, 6) is 0.881. The topological polar surface area (TPSA) is 124 Å². The van der Waals surface area contributed by atoms with Crippen molar-refractivity contribution in [3.8, 4) is 0 Å². The minimum Gasteiger partial charge on any atom is -0.455 e. The minimum atomic E-state index is -1.18. The second kappa shape index (κ2) is 11.4. The summed E-state index contributed by atoms with van der Waals surface area (Å²) < 4.78 is 20.9. The van der Waals surface area contributed by atoms with E-state index in [1.54, 1.807) is 12.1 Å². The van der Waals surface area contributed by atoms with E-state index in [9.17, 15) is 20.0 Å². The van der Waals surface area contributed by atoms with Gasteiger partial charge in [0, 0.05) is 6.92 Å². The van der Waals surface area contributed by atoms with E-state index in [4.69, 9.17) is 14.2 Å². The van der Waals surface area contributed by atoms with E-state index in [1.807, 2.05) is 25.1 Å². The number of hydrogen-bond donors (Lipinski definition) is 2. The SMILES string of the molecule is C=C(C)[C@H]1O[C@H]2CC[C@@]3(C)[C@@](O)(CC[C@H]4[C@@H]5OC(C)(C)[C@H]6C[C@@H]7C([Se]c8ccccc8[N+](=O)[O-])Cc8ccc9[nH]c(c5c9c8[C@@H]76)[C@@]43C)C2=C[C@H]1OC(C)=O. The number of carbonyl (C=O) groups excluding carboxylic acids is 1. The number of ether oxygens (including phenoxy) is 3. The Kier molecular flexibility index (Phi) is 7.43. The van der Waals surface area contributed by atoms with Gasteiger partial charge in [0.25, 0.3) is 0 Å². The van der Waals surface area contributed by atoms with Crippen LogP contribution in [0.5, 0.6) is 0 Å². The molecular weight excluding hydrogens is 747 g/mol. The molecule has 284 valence electrons. The fourth-order valence-electron chi connectivity index (χ4n) is 13.0. The molecule has 10 heteroatoms. The van der Waals surface area contributed by atoms with Crippen molar-refractivity contribution >= 4 is 42.0 Å². The Bertz CT molecular complexity index is 2210. The van der Waals surface area contributed by atoms with Gasteiger partial charge in [0.05, 0.1) is 0 Å². The summed E-state index contributed by atoms with van der Waals surface area (Å²) in [6.07, 6.45) is 5.37. The number of H-pyrrole nitrogens is 1. The van der Waals surface area contributed by atoms with E-state index in [0.717, 1.165) is 53.2 Å². The van der Waals surface area contributed by atoms with Crippen molar-refractivity contribution in [3.63, 3.8) is 0 Å². The van der Waals surface area contributed by atoms with Crippen LogP contribution in [0.2, 0.25) is 4.82 Å². The number of aromatic amines is 1.